The first-order chi connectivity index (χ1) is 13.0. The number of ether oxygens (including phenoxy) is 2. The van der Waals surface area contributed by atoms with Crippen molar-refractivity contribution in [1.29, 1.82) is 0 Å². The minimum absolute atomic E-state index is 0.0110. The van der Waals surface area contributed by atoms with E-state index in [1.54, 1.807) is 26.4 Å². The highest BCUT2D eigenvalue weighted by atomic mass is 19.2. The molecular formula is C21H26BF2NO2. The van der Waals surface area contributed by atoms with Crippen molar-refractivity contribution in [2.45, 2.75) is 31.9 Å². The highest BCUT2D eigenvalue weighted by molar-refractivity contribution is 6.62. The quantitative estimate of drug-likeness (QED) is 0.705. The van der Waals surface area contributed by atoms with E-state index in [0.717, 1.165) is 37.9 Å². The monoisotopic (exact) mass is 373 g/mol. The highest BCUT2D eigenvalue weighted by Crippen LogP contribution is 2.36. The lowest BCUT2D eigenvalue weighted by Crippen LogP contribution is -2.51. The van der Waals surface area contributed by atoms with Crippen LogP contribution in [0.1, 0.15) is 31.7 Å². The summed E-state index contributed by atoms with van der Waals surface area (Å²) in [5.41, 5.74) is 0.770. The number of hydrogen-bond acceptors (Lipinski definition) is 3. The van der Waals surface area contributed by atoms with Crippen LogP contribution in [0.15, 0.2) is 42.5 Å². The first-order valence-electron chi connectivity index (χ1n) is 9.37. The van der Waals surface area contributed by atoms with Crippen molar-refractivity contribution in [2.75, 3.05) is 27.3 Å². The van der Waals surface area contributed by atoms with E-state index in [1.807, 2.05) is 37.3 Å². The standard InChI is InChI=1S/C21H26BF2NO2/c1-21(27-3,25-12-8-5-9-13-25)19-15-17(26-2)14-18(20(19)22(23)24)16-10-6-4-7-11-16/h4,6-7,10-11,14-15H,5,8-9,12-13H2,1-3H3. The Morgan fingerprint density at radius 2 is 1.67 bits per heavy atom. The molecule has 0 amide bonds. The maximum atomic E-state index is 14.3. The summed E-state index contributed by atoms with van der Waals surface area (Å²) in [6.07, 6.45) is 3.24. The van der Waals surface area contributed by atoms with Crippen molar-refractivity contribution in [3.05, 3.63) is 48.0 Å². The molecule has 27 heavy (non-hydrogen) atoms. The second-order valence-corrected chi connectivity index (χ2v) is 7.04. The molecule has 1 unspecified atom stereocenters. The van der Waals surface area contributed by atoms with Gasteiger partial charge in [-0.25, -0.2) is 0 Å². The van der Waals surface area contributed by atoms with Crippen molar-refractivity contribution in [3.8, 4) is 16.9 Å². The Morgan fingerprint density at radius 3 is 2.22 bits per heavy atom. The summed E-state index contributed by atoms with van der Waals surface area (Å²) < 4.78 is 40.0. The van der Waals surface area contributed by atoms with Crippen LogP contribution in [0.3, 0.4) is 0 Å². The van der Waals surface area contributed by atoms with Crippen LogP contribution in [0.4, 0.5) is 8.63 Å². The van der Waals surface area contributed by atoms with Crippen LogP contribution in [-0.4, -0.2) is 39.5 Å². The molecule has 2 aromatic carbocycles. The van der Waals surface area contributed by atoms with Gasteiger partial charge in [0.1, 0.15) is 11.5 Å². The lowest BCUT2D eigenvalue weighted by Gasteiger charge is -2.43. The second kappa shape index (κ2) is 8.40. The summed E-state index contributed by atoms with van der Waals surface area (Å²) >= 11 is 0. The van der Waals surface area contributed by atoms with Crippen molar-refractivity contribution in [1.82, 2.24) is 4.90 Å². The predicted octanol–water partition coefficient (Wildman–Crippen LogP) is 4.30. The van der Waals surface area contributed by atoms with Crippen LogP contribution >= 0.6 is 0 Å². The third-order valence-corrected chi connectivity index (χ3v) is 5.55. The molecule has 1 aliphatic heterocycles. The van der Waals surface area contributed by atoms with E-state index in [0.29, 0.717) is 16.9 Å². The van der Waals surface area contributed by atoms with E-state index in [1.165, 1.54) is 0 Å². The van der Waals surface area contributed by atoms with Gasteiger partial charge in [-0.1, -0.05) is 36.8 Å². The van der Waals surface area contributed by atoms with Crippen LogP contribution in [0.2, 0.25) is 0 Å². The number of methoxy groups -OCH3 is 2. The van der Waals surface area contributed by atoms with Gasteiger partial charge in [0.25, 0.3) is 0 Å². The van der Waals surface area contributed by atoms with Gasteiger partial charge >= 0.3 is 7.27 Å². The third-order valence-electron chi connectivity index (χ3n) is 5.55. The van der Waals surface area contributed by atoms with Crippen molar-refractivity contribution in [2.24, 2.45) is 0 Å². The van der Waals surface area contributed by atoms with E-state index in [9.17, 15) is 8.63 Å². The van der Waals surface area contributed by atoms with Gasteiger partial charge in [0.2, 0.25) is 0 Å². The Kier molecular flexibility index (Phi) is 6.17. The van der Waals surface area contributed by atoms with Crippen LogP contribution in [0.5, 0.6) is 5.75 Å². The fraction of sp³-hybridized carbons (Fsp3) is 0.429. The number of benzene rings is 2. The zero-order valence-corrected chi connectivity index (χ0v) is 16.2. The lowest BCUT2D eigenvalue weighted by molar-refractivity contribution is -0.136. The fourth-order valence-electron chi connectivity index (χ4n) is 3.95. The van der Waals surface area contributed by atoms with E-state index in [2.05, 4.69) is 4.90 Å². The van der Waals surface area contributed by atoms with Crippen LogP contribution in [0, 0.1) is 0 Å². The molecule has 0 aliphatic carbocycles. The summed E-state index contributed by atoms with van der Waals surface area (Å²) in [7, 11) is 0.521. The van der Waals surface area contributed by atoms with Gasteiger partial charge < -0.3 is 9.47 Å². The van der Waals surface area contributed by atoms with Gasteiger partial charge in [-0.05, 0) is 43.0 Å². The first kappa shape index (κ1) is 19.8. The number of halogens is 2. The highest BCUT2D eigenvalue weighted by Gasteiger charge is 2.40. The Balaban J connectivity index is 2.24. The summed E-state index contributed by atoms with van der Waals surface area (Å²) in [4.78, 5) is 2.16. The molecule has 0 bridgehead atoms. The maximum Gasteiger partial charge on any atom is 0.573 e. The molecule has 2 aromatic rings. The molecule has 1 saturated heterocycles. The topological polar surface area (TPSA) is 21.7 Å². The predicted molar refractivity (Wildman–Crippen MR) is 106 cm³/mol. The minimum atomic E-state index is -2.62. The number of piperidine rings is 1. The zero-order valence-electron chi connectivity index (χ0n) is 16.2. The van der Waals surface area contributed by atoms with Crippen LogP contribution < -0.4 is 10.2 Å². The molecule has 144 valence electrons. The molecule has 1 atom stereocenters. The van der Waals surface area contributed by atoms with E-state index < -0.39 is 13.0 Å². The van der Waals surface area contributed by atoms with Gasteiger partial charge in [0.05, 0.1) is 7.11 Å². The largest absolute Gasteiger partial charge is 0.573 e. The Morgan fingerprint density at radius 1 is 1.00 bits per heavy atom. The average Bonchev–Trinajstić information content (AvgIpc) is 2.73. The van der Waals surface area contributed by atoms with Crippen molar-refractivity contribution < 1.29 is 18.1 Å². The normalized spacial score (nSPS) is 17.4. The third kappa shape index (κ3) is 3.87. The first-order valence-corrected chi connectivity index (χ1v) is 9.37. The van der Waals surface area contributed by atoms with Crippen molar-refractivity contribution >= 4 is 12.7 Å². The molecular weight excluding hydrogens is 347 g/mol. The SMILES string of the molecule is COc1cc(-c2ccccc2)c(B(F)F)c(C(C)(OC)N2CCCCC2)c1. The van der Waals surface area contributed by atoms with Crippen molar-refractivity contribution in [3.63, 3.8) is 0 Å². The Labute approximate surface area is 160 Å². The molecule has 0 spiro atoms. The molecule has 1 fully saturated rings. The summed E-state index contributed by atoms with van der Waals surface area (Å²) in [6, 6.07) is 12.6. The van der Waals surface area contributed by atoms with Gasteiger partial charge in [-0.3, -0.25) is 13.5 Å². The molecule has 0 aromatic heterocycles. The smallest absolute Gasteiger partial charge is 0.497 e. The maximum absolute atomic E-state index is 14.3. The summed E-state index contributed by atoms with van der Waals surface area (Å²) in [5, 5.41) is 0. The van der Waals surface area contributed by atoms with Gasteiger partial charge in [-0.2, -0.15) is 0 Å². The molecule has 0 saturated carbocycles. The molecule has 0 radical (unpaired) electrons. The fourth-order valence-corrected chi connectivity index (χ4v) is 3.95. The van der Waals surface area contributed by atoms with E-state index in [4.69, 9.17) is 9.47 Å². The number of likely N-dealkylation sites (tertiary alicyclic amines) is 1. The summed E-state index contributed by atoms with van der Waals surface area (Å²) in [5.74, 6) is 0.550. The molecule has 3 nitrogen and oxygen atoms in total. The lowest BCUT2D eigenvalue weighted by atomic mass is 9.73. The molecule has 1 aliphatic rings. The summed E-state index contributed by atoms with van der Waals surface area (Å²) in [6.45, 7) is 3.53. The molecule has 1 heterocycles. The Bertz CT molecular complexity index is 766. The number of rotatable bonds is 6. The average molecular weight is 373 g/mol. The second-order valence-electron chi connectivity index (χ2n) is 7.04. The Hall–Kier alpha value is -1.92. The van der Waals surface area contributed by atoms with Crippen LogP contribution in [0.25, 0.3) is 11.1 Å². The van der Waals surface area contributed by atoms with Gasteiger partial charge in [-0.15, -0.1) is 0 Å². The minimum Gasteiger partial charge on any atom is -0.497 e. The zero-order chi connectivity index (χ0) is 19.4. The molecule has 0 N–H and O–H groups in total. The van der Waals surface area contributed by atoms with E-state index >= 15 is 0 Å². The number of hydrogen-bond donors (Lipinski definition) is 0. The van der Waals surface area contributed by atoms with Gasteiger partial charge in [0, 0.05) is 31.2 Å². The molecule has 6 heteroatoms. The van der Waals surface area contributed by atoms with Crippen LogP contribution in [-0.2, 0) is 10.5 Å². The number of nitrogens with zero attached hydrogens (tertiary/aromatic N) is 1. The molecule has 3 rings (SSSR count). The van der Waals surface area contributed by atoms with E-state index in [-0.39, 0.29) is 5.46 Å². The van der Waals surface area contributed by atoms with Gasteiger partial charge in [0.15, 0.2) is 0 Å².